The molecule has 2 aromatic carbocycles. The molecule has 29 heavy (non-hydrogen) atoms. The Hall–Kier alpha value is -2.92. The molecule has 0 N–H and O–H groups in total. The van der Waals surface area contributed by atoms with Gasteiger partial charge in [-0.15, -0.1) is 0 Å². The molecule has 2 heterocycles. The van der Waals surface area contributed by atoms with Crippen LogP contribution in [0.3, 0.4) is 0 Å². The first-order valence-corrected chi connectivity index (χ1v) is 10.2. The summed E-state index contributed by atoms with van der Waals surface area (Å²) in [4.78, 5) is 24.1. The summed E-state index contributed by atoms with van der Waals surface area (Å²) in [6.07, 6.45) is 3.75. The highest BCUT2D eigenvalue weighted by atomic mass is 16.2. The van der Waals surface area contributed by atoms with Crippen LogP contribution in [0.2, 0.25) is 0 Å². The minimum atomic E-state index is 0.136. The maximum Gasteiger partial charge on any atom is 0.254 e. The van der Waals surface area contributed by atoms with Gasteiger partial charge in [0, 0.05) is 66.6 Å². The first-order valence-electron chi connectivity index (χ1n) is 10.2. The zero-order valence-corrected chi connectivity index (χ0v) is 17.4. The van der Waals surface area contributed by atoms with E-state index >= 15 is 0 Å². The maximum atomic E-state index is 13.3. The highest BCUT2D eigenvalue weighted by Gasteiger charge is 2.29. The van der Waals surface area contributed by atoms with E-state index in [-0.39, 0.29) is 11.9 Å². The van der Waals surface area contributed by atoms with Gasteiger partial charge in [-0.1, -0.05) is 30.3 Å². The van der Waals surface area contributed by atoms with E-state index < -0.39 is 0 Å². The summed E-state index contributed by atoms with van der Waals surface area (Å²) in [7, 11) is 4.06. The number of rotatable bonds is 4. The molecule has 0 bridgehead atoms. The fourth-order valence-corrected chi connectivity index (χ4v) is 4.22. The average Bonchev–Trinajstić information content (AvgIpc) is 2.73. The summed E-state index contributed by atoms with van der Waals surface area (Å²) < 4.78 is 0. The number of piperazine rings is 1. The fraction of sp³-hybridized carbons (Fsp3) is 0.333. The van der Waals surface area contributed by atoms with Crippen LogP contribution in [-0.2, 0) is 6.54 Å². The first kappa shape index (κ1) is 19.4. The Morgan fingerprint density at radius 2 is 1.93 bits per heavy atom. The molecular formula is C24H28N4O. The molecule has 0 aliphatic carbocycles. The van der Waals surface area contributed by atoms with E-state index in [9.17, 15) is 4.79 Å². The number of hydrogen-bond acceptors (Lipinski definition) is 4. The molecule has 1 aromatic heterocycles. The normalized spacial score (nSPS) is 17.2. The summed E-state index contributed by atoms with van der Waals surface area (Å²) in [5, 5.41) is 2.36. The largest absolute Gasteiger partial charge is 0.367 e. The van der Waals surface area contributed by atoms with Crippen LogP contribution in [0.15, 0.2) is 60.9 Å². The second kappa shape index (κ2) is 8.21. The second-order valence-corrected chi connectivity index (χ2v) is 8.06. The van der Waals surface area contributed by atoms with E-state index in [1.165, 1.54) is 11.1 Å². The number of nitrogens with zero attached hydrogens (tertiary/aromatic N) is 4. The molecule has 1 saturated heterocycles. The van der Waals surface area contributed by atoms with Crippen LogP contribution in [0.1, 0.15) is 22.8 Å². The van der Waals surface area contributed by atoms with Gasteiger partial charge in [0.2, 0.25) is 0 Å². The Balaban J connectivity index is 1.55. The molecule has 5 heteroatoms. The van der Waals surface area contributed by atoms with Crippen LogP contribution in [0.5, 0.6) is 0 Å². The van der Waals surface area contributed by atoms with Crippen molar-refractivity contribution in [2.45, 2.75) is 19.5 Å². The van der Waals surface area contributed by atoms with E-state index in [4.69, 9.17) is 0 Å². The van der Waals surface area contributed by atoms with E-state index in [2.05, 4.69) is 52.0 Å². The lowest BCUT2D eigenvalue weighted by atomic mass is 10.0. The fourth-order valence-electron chi connectivity index (χ4n) is 4.22. The lowest BCUT2D eigenvalue weighted by Gasteiger charge is -2.41. The van der Waals surface area contributed by atoms with Crippen molar-refractivity contribution in [3.8, 4) is 0 Å². The minimum Gasteiger partial charge on any atom is -0.367 e. The van der Waals surface area contributed by atoms with Gasteiger partial charge in [-0.25, -0.2) is 0 Å². The van der Waals surface area contributed by atoms with Crippen molar-refractivity contribution >= 4 is 22.4 Å². The average molecular weight is 389 g/mol. The zero-order valence-electron chi connectivity index (χ0n) is 17.4. The molecule has 150 valence electrons. The third-order valence-corrected chi connectivity index (χ3v) is 5.62. The van der Waals surface area contributed by atoms with Crippen LogP contribution in [0.25, 0.3) is 10.8 Å². The summed E-state index contributed by atoms with van der Waals surface area (Å²) >= 11 is 0. The second-order valence-electron chi connectivity index (χ2n) is 8.06. The van der Waals surface area contributed by atoms with Crippen molar-refractivity contribution in [2.24, 2.45) is 0 Å². The first-order chi connectivity index (χ1) is 14.0. The van der Waals surface area contributed by atoms with Crippen molar-refractivity contribution in [1.29, 1.82) is 0 Å². The number of anilines is 1. The predicted molar refractivity (Wildman–Crippen MR) is 118 cm³/mol. The third kappa shape index (κ3) is 3.96. The monoisotopic (exact) mass is 388 g/mol. The Bertz CT molecular complexity index is 1010. The highest BCUT2D eigenvalue weighted by molar-refractivity contribution is 5.96. The number of pyridine rings is 1. The van der Waals surface area contributed by atoms with E-state index in [0.717, 1.165) is 42.7 Å². The molecule has 4 rings (SSSR count). The smallest absolute Gasteiger partial charge is 0.254 e. The summed E-state index contributed by atoms with van der Waals surface area (Å²) in [6, 6.07) is 16.5. The highest BCUT2D eigenvalue weighted by Crippen LogP contribution is 2.28. The van der Waals surface area contributed by atoms with Gasteiger partial charge >= 0.3 is 0 Å². The predicted octanol–water partition coefficient (Wildman–Crippen LogP) is 3.65. The van der Waals surface area contributed by atoms with Gasteiger partial charge in [0.05, 0.1) is 0 Å². The van der Waals surface area contributed by atoms with E-state index in [1.807, 2.05) is 49.6 Å². The molecule has 1 aliphatic heterocycles. The molecule has 1 aliphatic rings. The van der Waals surface area contributed by atoms with Gasteiger partial charge in [-0.3, -0.25) is 9.78 Å². The quantitative estimate of drug-likeness (QED) is 0.684. The van der Waals surface area contributed by atoms with Crippen LogP contribution in [-0.4, -0.2) is 60.5 Å². The topological polar surface area (TPSA) is 39.7 Å². The van der Waals surface area contributed by atoms with Gasteiger partial charge in [-0.05, 0) is 44.8 Å². The van der Waals surface area contributed by atoms with E-state index in [1.54, 1.807) is 0 Å². The van der Waals surface area contributed by atoms with Crippen molar-refractivity contribution in [3.05, 3.63) is 72.1 Å². The van der Waals surface area contributed by atoms with Crippen molar-refractivity contribution in [1.82, 2.24) is 14.8 Å². The molecule has 3 aromatic rings. The number of carbonyl (C=O) groups excluding carboxylic acids is 1. The lowest BCUT2D eigenvalue weighted by Crippen LogP contribution is -2.54. The van der Waals surface area contributed by atoms with Gasteiger partial charge in [0.25, 0.3) is 5.91 Å². The summed E-state index contributed by atoms with van der Waals surface area (Å²) in [5.74, 6) is 0.136. The Morgan fingerprint density at radius 1 is 1.10 bits per heavy atom. The molecule has 1 atom stereocenters. The van der Waals surface area contributed by atoms with Gasteiger partial charge in [-0.2, -0.15) is 0 Å². The number of aromatic nitrogens is 1. The van der Waals surface area contributed by atoms with Crippen LogP contribution < -0.4 is 4.90 Å². The van der Waals surface area contributed by atoms with Gasteiger partial charge in [0.15, 0.2) is 0 Å². The van der Waals surface area contributed by atoms with Gasteiger partial charge in [0.1, 0.15) is 0 Å². The Labute approximate surface area is 172 Å². The molecule has 5 nitrogen and oxygen atoms in total. The number of amides is 1. The molecule has 1 unspecified atom stereocenters. The van der Waals surface area contributed by atoms with Crippen LogP contribution in [0.4, 0.5) is 5.69 Å². The Kier molecular flexibility index (Phi) is 5.49. The third-order valence-electron chi connectivity index (χ3n) is 5.62. The molecule has 0 saturated carbocycles. The molecule has 1 amide bonds. The molecule has 0 spiro atoms. The number of fused-ring (bicyclic) bond motifs is 1. The van der Waals surface area contributed by atoms with Crippen molar-refractivity contribution in [2.75, 3.05) is 38.6 Å². The maximum absolute atomic E-state index is 13.3. The number of hydrogen-bond donors (Lipinski definition) is 0. The molecular weight excluding hydrogens is 360 g/mol. The van der Waals surface area contributed by atoms with Crippen LogP contribution in [0, 0.1) is 0 Å². The van der Waals surface area contributed by atoms with Crippen molar-refractivity contribution < 1.29 is 4.79 Å². The molecule has 1 fully saturated rings. The van der Waals surface area contributed by atoms with Gasteiger partial charge < -0.3 is 14.7 Å². The number of benzene rings is 2. The van der Waals surface area contributed by atoms with Crippen molar-refractivity contribution in [3.63, 3.8) is 0 Å². The summed E-state index contributed by atoms with van der Waals surface area (Å²) in [5.41, 5.74) is 3.12. The molecule has 0 radical (unpaired) electrons. The summed E-state index contributed by atoms with van der Waals surface area (Å²) in [6.45, 7) is 5.28. The lowest BCUT2D eigenvalue weighted by molar-refractivity contribution is 0.0672. The Morgan fingerprint density at radius 3 is 2.72 bits per heavy atom. The number of carbonyl (C=O) groups is 1. The minimum absolute atomic E-state index is 0.136. The zero-order chi connectivity index (χ0) is 20.4. The van der Waals surface area contributed by atoms with Crippen LogP contribution >= 0.6 is 0 Å². The standard InChI is InChI=1S/C24H28N4O/c1-18-16-27(23-10-6-8-19-15-25-12-11-21(19)23)13-14-28(18)24(29)22-9-5-4-7-20(22)17-26(2)3/h4-12,15,18H,13-14,16-17H2,1-3H3. The van der Waals surface area contributed by atoms with E-state index in [0.29, 0.717) is 0 Å². The SMILES string of the molecule is CC1CN(c2cccc3cnccc23)CCN1C(=O)c1ccccc1CN(C)C.